The highest BCUT2D eigenvalue weighted by Crippen LogP contribution is 2.09. The molecule has 0 saturated heterocycles. The van der Waals surface area contributed by atoms with E-state index in [0.29, 0.717) is 39.3 Å². The number of carbonyl (C=O) groups is 3. The summed E-state index contributed by atoms with van der Waals surface area (Å²) in [5.41, 5.74) is 1.48. The Morgan fingerprint density at radius 2 is 1.31 bits per heavy atom. The summed E-state index contributed by atoms with van der Waals surface area (Å²) >= 11 is 0. The van der Waals surface area contributed by atoms with E-state index in [9.17, 15) is 24.6 Å². The minimum absolute atomic E-state index is 0.0920. The molecule has 0 radical (unpaired) electrons. The predicted molar refractivity (Wildman–Crippen MR) is 106 cm³/mol. The van der Waals surface area contributed by atoms with Crippen molar-refractivity contribution in [3.05, 3.63) is 29.6 Å². The van der Waals surface area contributed by atoms with E-state index in [1.807, 2.05) is 36.9 Å². The van der Waals surface area contributed by atoms with Crippen LogP contribution in [0.5, 0.6) is 0 Å². The summed E-state index contributed by atoms with van der Waals surface area (Å²) in [5.74, 6) is -1.81. The van der Waals surface area contributed by atoms with Crippen molar-refractivity contribution in [1.29, 1.82) is 0 Å². The molecule has 0 atom stereocenters. The third-order valence-corrected chi connectivity index (χ3v) is 4.84. The quantitative estimate of drug-likeness (QED) is 0.664. The molecule has 160 valence electrons. The van der Waals surface area contributed by atoms with Crippen molar-refractivity contribution in [2.45, 2.75) is 26.9 Å². The summed E-state index contributed by atoms with van der Waals surface area (Å²) in [4.78, 5) is 45.0. The summed E-state index contributed by atoms with van der Waals surface area (Å²) in [6.45, 7) is 6.50. The Labute approximate surface area is 170 Å². The number of ketones is 1. The molecule has 2 N–H and O–H groups in total. The Bertz CT molecular complexity index is 679. The number of aliphatic carboxylic acids is 2. The second kappa shape index (κ2) is 11.0. The van der Waals surface area contributed by atoms with E-state index in [4.69, 9.17) is 0 Å². The molecular formula is C20H30N4O5. The van der Waals surface area contributed by atoms with Crippen LogP contribution in [-0.2, 0) is 27.5 Å². The number of carbonyl (C=O) groups excluding carboxylic acids is 1. The van der Waals surface area contributed by atoms with Gasteiger partial charge in [0.15, 0.2) is 0 Å². The molecule has 0 aliphatic carbocycles. The molecule has 1 aromatic rings. The molecule has 0 spiro atoms. The fourth-order valence-corrected chi connectivity index (χ4v) is 3.21. The summed E-state index contributed by atoms with van der Waals surface area (Å²) in [6.07, 6.45) is 0. The van der Waals surface area contributed by atoms with Gasteiger partial charge in [0.25, 0.3) is 0 Å². The summed E-state index contributed by atoms with van der Waals surface area (Å²) in [5, 5.41) is 18.5. The number of hydrogen-bond acceptors (Lipinski definition) is 7. The van der Waals surface area contributed by atoms with Crippen LogP contribution in [0.25, 0.3) is 0 Å². The Morgan fingerprint density at radius 3 is 1.72 bits per heavy atom. The van der Waals surface area contributed by atoms with E-state index in [0.717, 1.165) is 11.4 Å². The van der Waals surface area contributed by atoms with Gasteiger partial charge in [0, 0.05) is 45.2 Å². The van der Waals surface area contributed by atoms with Gasteiger partial charge in [-0.05, 0) is 12.1 Å². The molecule has 0 amide bonds. The number of rotatable bonds is 7. The van der Waals surface area contributed by atoms with Crippen LogP contribution in [0.1, 0.15) is 25.2 Å². The molecule has 2 rings (SSSR count). The van der Waals surface area contributed by atoms with Crippen LogP contribution in [0.3, 0.4) is 0 Å². The number of fused-ring (bicyclic) bond motifs is 2. The zero-order chi connectivity index (χ0) is 21.4. The number of Topliss-reactive ketones (excluding diaryl/α,β-unsaturated/α-hetero) is 1. The first kappa shape index (κ1) is 22.9. The van der Waals surface area contributed by atoms with Gasteiger partial charge in [0.2, 0.25) is 0 Å². The average molecular weight is 406 g/mol. The number of aromatic nitrogens is 1. The van der Waals surface area contributed by atoms with Crippen molar-refractivity contribution in [1.82, 2.24) is 19.7 Å². The Balaban J connectivity index is 2.24. The van der Waals surface area contributed by atoms with Crippen molar-refractivity contribution in [2.24, 2.45) is 5.92 Å². The summed E-state index contributed by atoms with van der Waals surface area (Å²) in [6, 6.07) is 5.53. The maximum absolute atomic E-state index is 12.3. The lowest BCUT2D eigenvalue weighted by Gasteiger charge is -2.30. The predicted octanol–water partition coefficient (Wildman–Crippen LogP) is 0.396. The fraction of sp³-hybridized carbons (Fsp3) is 0.600. The smallest absolute Gasteiger partial charge is 0.317 e. The molecular weight excluding hydrogens is 376 g/mol. The molecule has 0 saturated carbocycles. The van der Waals surface area contributed by atoms with Gasteiger partial charge in [0.05, 0.1) is 31.0 Å². The lowest BCUT2D eigenvalue weighted by Crippen LogP contribution is -2.44. The largest absolute Gasteiger partial charge is 0.480 e. The van der Waals surface area contributed by atoms with Crippen molar-refractivity contribution in [3.8, 4) is 0 Å². The molecule has 9 nitrogen and oxygen atoms in total. The summed E-state index contributed by atoms with van der Waals surface area (Å²) < 4.78 is 0. The number of hydrogen-bond donors (Lipinski definition) is 2. The lowest BCUT2D eigenvalue weighted by molar-refractivity contribution is -0.139. The van der Waals surface area contributed by atoms with Crippen LogP contribution in [0.15, 0.2) is 18.2 Å². The van der Waals surface area contributed by atoms with Crippen LogP contribution in [0.4, 0.5) is 0 Å². The number of pyridine rings is 1. The van der Waals surface area contributed by atoms with Gasteiger partial charge < -0.3 is 10.2 Å². The van der Waals surface area contributed by atoms with E-state index in [-0.39, 0.29) is 31.3 Å². The lowest BCUT2D eigenvalue weighted by atomic mass is 10.1. The Kier molecular flexibility index (Phi) is 8.69. The van der Waals surface area contributed by atoms with Crippen LogP contribution >= 0.6 is 0 Å². The highest BCUT2D eigenvalue weighted by molar-refractivity contribution is 5.82. The molecule has 29 heavy (non-hydrogen) atoms. The molecule has 0 unspecified atom stereocenters. The average Bonchev–Trinajstić information content (AvgIpc) is 2.61. The molecule has 1 aromatic heterocycles. The third-order valence-electron chi connectivity index (χ3n) is 4.84. The van der Waals surface area contributed by atoms with E-state index in [1.165, 1.54) is 0 Å². The van der Waals surface area contributed by atoms with E-state index in [2.05, 4.69) is 4.98 Å². The van der Waals surface area contributed by atoms with E-state index >= 15 is 0 Å². The number of carboxylic acids is 2. The molecule has 1 aliphatic rings. The second-order valence-corrected chi connectivity index (χ2v) is 7.73. The first-order valence-corrected chi connectivity index (χ1v) is 9.81. The van der Waals surface area contributed by atoms with Crippen molar-refractivity contribution < 1.29 is 24.6 Å². The number of carboxylic acid groups (broad SMARTS) is 2. The van der Waals surface area contributed by atoms with Gasteiger partial charge in [0.1, 0.15) is 5.78 Å². The normalized spacial score (nSPS) is 17.5. The first-order valence-electron chi connectivity index (χ1n) is 9.81. The maximum Gasteiger partial charge on any atom is 0.317 e. The van der Waals surface area contributed by atoms with Gasteiger partial charge in [-0.15, -0.1) is 0 Å². The van der Waals surface area contributed by atoms with Crippen LogP contribution in [0.2, 0.25) is 0 Å². The van der Waals surface area contributed by atoms with Crippen molar-refractivity contribution >= 4 is 17.7 Å². The third kappa shape index (κ3) is 8.26. The van der Waals surface area contributed by atoms with E-state index in [1.54, 1.807) is 9.80 Å². The van der Waals surface area contributed by atoms with Gasteiger partial charge >= 0.3 is 11.9 Å². The van der Waals surface area contributed by atoms with E-state index < -0.39 is 11.9 Å². The van der Waals surface area contributed by atoms with Crippen LogP contribution < -0.4 is 0 Å². The standard InChI is InChI=1S/C20H30N4O5/c1-15(2)18(25)12-22-6-8-23(13-19(26)27)10-16-4-3-5-17(21-16)11-24(9-7-22)14-20(28)29/h3-5,15H,6-14H2,1-2H3,(H,26,27)(H,28,29). The van der Waals surface area contributed by atoms with Gasteiger partial charge in [-0.25, -0.2) is 0 Å². The highest BCUT2D eigenvalue weighted by atomic mass is 16.4. The highest BCUT2D eigenvalue weighted by Gasteiger charge is 2.20. The van der Waals surface area contributed by atoms with Crippen molar-refractivity contribution in [3.63, 3.8) is 0 Å². The molecule has 1 aliphatic heterocycles. The van der Waals surface area contributed by atoms with Crippen molar-refractivity contribution in [2.75, 3.05) is 45.8 Å². The summed E-state index contributed by atoms with van der Waals surface area (Å²) in [7, 11) is 0. The van der Waals surface area contributed by atoms with Gasteiger partial charge in [-0.3, -0.25) is 34.1 Å². The molecule has 9 heteroatoms. The Hall–Kier alpha value is -2.36. The second-order valence-electron chi connectivity index (χ2n) is 7.73. The van der Waals surface area contributed by atoms with Crippen LogP contribution in [-0.4, -0.2) is 93.4 Å². The number of nitrogens with zero attached hydrogens (tertiary/aromatic N) is 4. The molecule has 0 aromatic carbocycles. The molecule has 2 heterocycles. The first-order chi connectivity index (χ1) is 13.7. The maximum atomic E-state index is 12.3. The fourth-order valence-electron chi connectivity index (χ4n) is 3.21. The zero-order valence-corrected chi connectivity index (χ0v) is 17.1. The van der Waals surface area contributed by atoms with Gasteiger partial charge in [-0.1, -0.05) is 19.9 Å². The van der Waals surface area contributed by atoms with Gasteiger partial charge in [-0.2, -0.15) is 0 Å². The minimum Gasteiger partial charge on any atom is -0.480 e. The SMILES string of the molecule is CC(C)C(=O)CN1CCN(CC(=O)O)Cc2cccc(n2)CN(CC(=O)O)CC1. The molecule has 0 fully saturated rings. The minimum atomic E-state index is -0.911. The van der Waals surface area contributed by atoms with Crippen LogP contribution in [0, 0.1) is 5.92 Å². The zero-order valence-electron chi connectivity index (χ0n) is 17.1. The Morgan fingerprint density at radius 1 is 0.862 bits per heavy atom. The monoisotopic (exact) mass is 406 g/mol. The molecule has 2 bridgehead atoms. The topological polar surface area (TPSA) is 114 Å².